The molecule has 0 unspecified atom stereocenters. The highest BCUT2D eigenvalue weighted by atomic mass is 16.2. The first kappa shape index (κ1) is 14.7. The standard InChI is InChI=1S/C14H17N5O2/c1-2-16-13(20)8-17-14(21)10-7-12(19-15)18-11-6-4-3-5-9(10)11/h3-7H,2,8,15H2,1H3,(H,16,20)(H,17,21)(H,18,19). The summed E-state index contributed by atoms with van der Waals surface area (Å²) in [5.41, 5.74) is 3.49. The van der Waals surface area contributed by atoms with Crippen LogP contribution < -0.4 is 21.9 Å². The molecule has 0 saturated carbocycles. The van der Waals surface area contributed by atoms with Crippen LogP contribution >= 0.6 is 0 Å². The molecule has 2 amide bonds. The van der Waals surface area contributed by atoms with Gasteiger partial charge in [-0.3, -0.25) is 9.59 Å². The highest BCUT2D eigenvalue weighted by Gasteiger charge is 2.13. The van der Waals surface area contributed by atoms with Crippen LogP contribution in [0.5, 0.6) is 0 Å². The average molecular weight is 287 g/mol. The van der Waals surface area contributed by atoms with E-state index in [1.807, 2.05) is 19.1 Å². The van der Waals surface area contributed by atoms with Gasteiger partial charge in [0.25, 0.3) is 5.91 Å². The molecule has 2 aromatic rings. The predicted molar refractivity (Wildman–Crippen MR) is 80.6 cm³/mol. The maximum atomic E-state index is 12.2. The molecule has 2 rings (SSSR count). The van der Waals surface area contributed by atoms with Gasteiger partial charge in [0.1, 0.15) is 5.82 Å². The van der Waals surface area contributed by atoms with Crippen LogP contribution in [-0.2, 0) is 4.79 Å². The lowest BCUT2D eigenvalue weighted by molar-refractivity contribution is -0.120. The second kappa shape index (κ2) is 6.67. The van der Waals surface area contributed by atoms with E-state index in [1.54, 1.807) is 18.2 Å². The largest absolute Gasteiger partial charge is 0.355 e. The van der Waals surface area contributed by atoms with E-state index in [4.69, 9.17) is 5.84 Å². The molecule has 0 bridgehead atoms. The number of nitrogens with zero attached hydrogens (tertiary/aromatic N) is 1. The number of pyridine rings is 1. The normalized spacial score (nSPS) is 10.2. The van der Waals surface area contributed by atoms with Crippen molar-refractivity contribution in [2.45, 2.75) is 6.92 Å². The summed E-state index contributed by atoms with van der Waals surface area (Å²) < 4.78 is 0. The third kappa shape index (κ3) is 3.46. The van der Waals surface area contributed by atoms with Crippen molar-refractivity contribution in [2.24, 2.45) is 5.84 Å². The molecule has 1 aromatic heterocycles. The fraction of sp³-hybridized carbons (Fsp3) is 0.214. The number of hydrazine groups is 1. The molecule has 0 spiro atoms. The lowest BCUT2D eigenvalue weighted by Crippen LogP contribution is -2.36. The fourth-order valence-electron chi connectivity index (χ4n) is 1.95. The van der Waals surface area contributed by atoms with Gasteiger partial charge >= 0.3 is 0 Å². The van der Waals surface area contributed by atoms with Crippen LogP contribution in [0, 0.1) is 0 Å². The van der Waals surface area contributed by atoms with E-state index in [9.17, 15) is 9.59 Å². The van der Waals surface area contributed by atoms with Gasteiger partial charge in [-0.15, -0.1) is 0 Å². The number of likely N-dealkylation sites (N-methyl/N-ethyl adjacent to an activating group) is 1. The number of para-hydroxylation sites is 1. The Morgan fingerprint density at radius 2 is 2.00 bits per heavy atom. The Labute approximate surface area is 121 Å². The van der Waals surface area contributed by atoms with Crippen molar-refractivity contribution in [3.63, 3.8) is 0 Å². The smallest absolute Gasteiger partial charge is 0.252 e. The second-order valence-electron chi connectivity index (χ2n) is 4.35. The van der Waals surface area contributed by atoms with E-state index in [1.165, 1.54) is 0 Å². The number of nitrogen functional groups attached to an aromatic ring is 1. The fourth-order valence-corrected chi connectivity index (χ4v) is 1.95. The molecule has 0 saturated heterocycles. The van der Waals surface area contributed by atoms with E-state index in [0.717, 1.165) is 0 Å². The summed E-state index contributed by atoms with van der Waals surface area (Å²) in [6.07, 6.45) is 0. The van der Waals surface area contributed by atoms with Crippen LogP contribution in [0.15, 0.2) is 30.3 Å². The minimum atomic E-state index is -0.351. The summed E-state index contributed by atoms with van der Waals surface area (Å²) >= 11 is 0. The number of fused-ring (bicyclic) bond motifs is 1. The Bertz CT molecular complexity index is 671. The van der Waals surface area contributed by atoms with E-state index >= 15 is 0 Å². The number of amides is 2. The van der Waals surface area contributed by atoms with Crippen molar-refractivity contribution in [3.05, 3.63) is 35.9 Å². The van der Waals surface area contributed by atoms with Crippen LogP contribution in [0.25, 0.3) is 10.9 Å². The van der Waals surface area contributed by atoms with Crippen LogP contribution in [0.3, 0.4) is 0 Å². The van der Waals surface area contributed by atoms with Gasteiger partial charge in [-0.05, 0) is 19.1 Å². The molecule has 21 heavy (non-hydrogen) atoms. The number of hydrogen-bond donors (Lipinski definition) is 4. The number of aromatic nitrogens is 1. The first-order valence-corrected chi connectivity index (χ1v) is 6.57. The molecular weight excluding hydrogens is 270 g/mol. The minimum absolute atomic E-state index is 0.0747. The second-order valence-corrected chi connectivity index (χ2v) is 4.35. The first-order valence-electron chi connectivity index (χ1n) is 6.57. The molecule has 1 aromatic carbocycles. The summed E-state index contributed by atoms with van der Waals surface area (Å²) in [7, 11) is 0. The van der Waals surface area contributed by atoms with E-state index < -0.39 is 0 Å². The zero-order chi connectivity index (χ0) is 15.2. The van der Waals surface area contributed by atoms with Crippen LogP contribution in [0.2, 0.25) is 0 Å². The molecule has 0 atom stereocenters. The van der Waals surface area contributed by atoms with Gasteiger partial charge in [0.2, 0.25) is 5.91 Å². The maximum absolute atomic E-state index is 12.2. The van der Waals surface area contributed by atoms with Gasteiger partial charge in [-0.1, -0.05) is 18.2 Å². The third-order valence-corrected chi connectivity index (χ3v) is 2.89. The minimum Gasteiger partial charge on any atom is -0.355 e. The molecule has 1 heterocycles. The molecule has 7 nitrogen and oxygen atoms in total. The molecule has 0 aliphatic carbocycles. The van der Waals surface area contributed by atoms with Gasteiger partial charge in [0, 0.05) is 11.9 Å². The Hall–Kier alpha value is -2.67. The van der Waals surface area contributed by atoms with Gasteiger partial charge in [-0.2, -0.15) is 0 Å². The number of benzene rings is 1. The Morgan fingerprint density at radius 1 is 1.24 bits per heavy atom. The number of carbonyl (C=O) groups excluding carboxylic acids is 2. The summed E-state index contributed by atoms with van der Waals surface area (Å²) in [4.78, 5) is 27.9. The Kier molecular flexibility index (Phi) is 4.68. The lowest BCUT2D eigenvalue weighted by atomic mass is 10.1. The number of carbonyl (C=O) groups is 2. The summed E-state index contributed by atoms with van der Waals surface area (Å²) in [6, 6.07) is 8.78. The molecule has 5 N–H and O–H groups in total. The van der Waals surface area contributed by atoms with Crippen molar-refractivity contribution in [1.29, 1.82) is 0 Å². The van der Waals surface area contributed by atoms with E-state index in [2.05, 4.69) is 21.0 Å². The Morgan fingerprint density at radius 3 is 2.71 bits per heavy atom. The van der Waals surface area contributed by atoms with Gasteiger partial charge in [0.15, 0.2) is 0 Å². The van der Waals surface area contributed by atoms with E-state index in [-0.39, 0.29) is 18.4 Å². The number of nitrogens with one attached hydrogen (secondary N) is 3. The molecule has 0 fully saturated rings. The van der Waals surface area contributed by atoms with Crippen molar-refractivity contribution < 1.29 is 9.59 Å². The monoisotopic (exact) mass is 287 g/mol. The van der Waals surface area contributed by atoms with Gasteiger partial charge in [-0.25, -0.2) is 10.8 Å². The average Bonchev–Trinajstić information content (AvgIpc) is 2.51. The van der Waals surface area contributed by atoms with E-state index in [0.29, 0.717) is 28.8 Å². The van der Waals surface area contributed by atoms with Crippen molar-refractivity contribution in [2.75, 3.05) is 18.5 Å². The Balaban J connectivity index is 2.27. The van der Waals surface area contributed by atoms with Crippen molar-refractivity contribution >= 4 is 28.5 Å². The molecule has 110 valence electrons. The van der Waals surface area contributed by atoms with Gasteiger partial charge < -0.3 is 16.1 Å². The topological polar surface area (TPSA) is 109 Å². The SMILES string of the molecule is CCNC(=O)CNC(=O)c1cc(NN)nc2ccccc12. The number of hydrogen-bond acceptors (Lipinski definition) is 5. The third-order valence-electron chi connectivity index (χ3n) is 2.89. The number of anilines is 1. The van der Waals surface area contributed by atoms with Crippen molar-refractivity contribution in [1.82, 2.24) is 15.6 Å². The summed E-state index contributed by atoms with van der Waals surface area (Å²) in [6.45, 7) is 2.26. The first-order chi connectivity index (χ1) is 10.2. The molecule has 0 aliphatic heterocycles. The molecule has 0 radical (unpaired) electrons. The highest BCUT2D eigenvalue weighted by Crippen LogP contribution is 2.20. The van der Waals surface area contributed by atoms with Gasteiger partial charge in [0.05, 0.1) is 17.6 Å². The maximum Gasteiger partial charge on any atom is 0.252 e. The highest BCUT2D eigenvalue weighted by molar-refractivity contribution is 6.07. The number of nitrogens with two attached hydrogens (primary N) is 1. The predicted octanol–water partition coefficient (Wildman–Crippen LogP) is 0.386. The zero-order valence-corrected chi connectivity index (χ0v) is 11.6. The summed E-state index contributed by atoms with van der Waals surface area (Å²) in [5, 5.41) is 5.89. The quantitative estimate of drug-likeness (QED) is 0.470. The van der Waals surface area contributed by atoms with Crippen LogP contribution in [0.1, 0.15) is 17.3 Å². The zero-order valence-electron chi connectivity index (χ0n) is 11.6. The lowest BCUT2D eigenvalue weighted by Gasteiger charge is -2.10. The van der Waals surface area contributed by atoms with Crippen molar-refractivity contribution in [3.8, 4) is 0 Å². The molecular formula is C14H17N5O2. The number of rotatable bonds is 5. The summed E-state index contributed by atoms with van der Waals surface area (Å²) in [5.74, 6) is 5.16. The van der Waals surface area contributed by atoms with Crippen LogP contribution in [-0.4, -0.2) is 29.9 Å². The molecule has 7 heteroatoms. The van der Waals surface area contributed by atoms with Crippen LogP contribution in [0.4, 0.5) is 5.82 Å². The molecule has 0 aliphatic rings.